The molecule has 5 heteroatoms. The first-order valence-corrected chi connectivity index (χ1v) is 9.29. The third kappa shape index (κ3) is 3.56. The number of aryl methyl sites for hydroxylation is 1. The maximum atomic E-state index is 14.1. The van der Waals surface area contributed by atoms with Gasteiger partial charge >= 0.3 is 0 Å². The second-order valence-corrected chi connectivity index (χ2v) is 6.81. The van der Waals surface area contributed by atoms with Crippen molar-refractivity contribution in [2.24, 2.45) is 0 Å². The van der Waals surface area contributed by atoms with Crippen molar-refractivity contribution in [1.82, 2.24) is 9.13 Å². The Bertz CT molecular complexity index is 1180. The number of fused-ring (bicyclic) bond motifs is 1. The van der Waals surface area contributed by atoms with Crippen LogP contribution < -0.4 is 10.4 Å². The summed E-state index contributed by atoms with van der Waals surface area (Å²) < 4.78 is 23.7. The van der Waals surface area contributed by atoms with Crippen LogP contribution in [0.1, 0.15) is 11.1 Å². The summed E-state index contributed by atoms with van der Waals surface area (Å²) in [4.78, 5) is 0. The summed E-state index contributed by atoms with van der Waals surface area (Å²) in [6.07, 6.45) is 0. The fourth-order valence-corrected chi connectivity index (χ4v) is 3.44. The van der Waals surface area contributed by atoms with E-state index in [2.05, 4.69) is 0 Å². The van der Waals surface area contributed by atoms with E-state index in [1.807, 2.05) is 70.7 Å². The van der Waals surface area contributed by atoms with Gasteiger partial charge in [-0.1, -0.05) is 42.5 Å². The topological polar surface area (TPSA) is 42.9 Å². The second-order valence-electron chi connectivity index (χ2n) is 6.81. The molecule has 3 aromatic carbocycles. The third-order valence-corrected chi connectivity index (χ3v) is 4.83. The number of hydrogen-bond donors (Lipinski definition) is 1. The van der Waals surface area contributed by atoms with Crippen LogP contribution in [0.15, 0.2) is 72.8 Å². The lowest BCUT2D eigenvalue weighted by Crippen LogP contribution is -2.27. The van der Waals surface area contributed by atoms with Gasteiger partial charge in [-0.3, -0.25) is 5.41 Å². The van der Waals surface area contributed by atoms with Crippen LogP contribution in [0.4, 0.5) is 4.39 Å². The SMILES string of the molecule is Cc1cccc(OCCn2c(=N)n(Cc3ccccc3F)c3ccccc32)c1. The van der Waals surface area contributed by atoms with Crippen molar-refractivity contribution in [2.75, 3.05) is 6.61 Å². The van der Waals surface area contributed by atoms with E-state index in [-0.39, 0.29) is 5.82 Å². The fraction of sp³-hybridized carbons (Fsp3) is 0.174. The van der Waals surface area contributed by atoms with Gasteiger partial charge in [-0.15, -0.1) is 0 Å². The van der Waals surface area contributed by atoms with E-state index in [4.69, 9.17) is 10.1 Å². The Hall–Kier alpha value is -3.34. The molecule has 4 rings (SSSR count). The van der Waals surface area contributed by atoms with Crippen molar-refractivity contribution in [3.05, 3.63) is 95.4 Å². The van der Waals surface area contributed by atoms with Gasteiger partial charge in [0.2, 0.25) is 5.62 Å². The molecule has 28 heavy (non-hydrogen) atoms. The molecule has 1 aromatic heterocycles. The van der Waals surface area contributed by atoms with Crippen LogP contribution >= 0.6 is 0 Å². The standard InChI is InChI=1S/C23H22FN3O/c1-17-7-6-9-19(15-17)28-14-13-26-21-11-4-5-12-22(21)27(23(26)25)16-18-8-2-3-10-20(18)24/h2-12,15,25H,13-14,16H2,1H3. The van der Waals surface area contributed by atoms with E-state index in [0.717, 1.165) is 22.3 Å². The molecule has 1 heterocycles. The van der Waals surface area contributed by atoms with E-state index < -0.39 is 0 Å². The molecule has 0 unspecified atom stereocenters. The minimum absolute atomic E-state index is 0.256. The Balaban J connectivity index is 1.63. The molecule has 0 amide bonds. The largest absolute Gasteiger partial charge is 0.492 e. The van der Waals surface area contributed by atoms with Crippen LogP contribution in [-0.4, -0.2) is 15.7 Å². The highest BCUT2D eigenvalue weighted by Crippen LogP contribution is 2.17. The number of nitrogens with one attached hydrogen (secondary N) is 1. The second kappa shape index (κ2) is 7.72. The van der Waals surface area contributed by atoms with Crippen molar-refractivity contribution >= 4 is 11.0 Å². The predicted octanol–water partition coefficient (Wildman–Crippen LogP) is 4.50. The van der Waals surface area contributed by atoms with E-state index in [1.54, 1.807) is 12.1 Å². The van der Waals surface area contributed by atoms with Gasteiger partial charge in [-0.25, -0.2) is 4.39 Å². The van der Waals surface area contributed by atoms with E-state index in [0.29, 0.717) is 30.9 Å². The molecule has 0 bridgehead atoms. The number of benzene rings is 3. The number of hydrogen-bond acceptors (Lipinski definition) is 2. The normalized spacial score (nSPS) is 11.1. The molecule has 0 aliphatic rings. The molecular formula is C23H22FN3O. The molecule has 0 saturated heterocycles. The van der Waals surface area contributed by atoms with Crippen molar-refractivity contribution in [1.29, 1.82) is 5.41 Å². The van der Waals surface area contributed by atoms with Gasteiger partial charge < -0.3 is 13.9 Å². The lowest BCUT2D eigenvalue weighted by molar-refractivity contribution is 0.296. The molecule has 0 aliphatic carbocycles. The Labute approximate surface area is 163 Å². The quantitative estimate of drug-likeness (QED) is 0.530. The van der Waals surface area contributed by atoms with Gasteiger partial charge in [0.25, 0.3) is 0 Å². The van der Waals surface area contributed by atoms with Crippen molar-refractivity contribution in [3.63, 3.8) is 0 Å². The molecule has 0 fully saturated rings. The summed E-state index contributed by atoms with van der Waals surface area (Å²) in [7, 11) is 0. The average molecular weight is 375 g/mol. The van der Waals surface area contributed by atoms with Crippen LogP contribution in [0.25, 0.3) is 11.0 Å². The zero-order valence-electron chi connectivity index (χ0n) is 15.7. The number of nitrogens with zero attached hydrogens (tertiary/aromatic N) is 2. The maximum Gasteiger partial charge on any atom is 0.203 e. The number of rotatable bonds is 6. The van der Waals surface area contributed by atoms with Crippen LogP contribution in [0.2, 0.25) is 0 Å². The lowest BCUT2D eigenvalue weighted by atomic mass is 10.2. The maximum absolute atomic E-state index is 14.1. The summed E-state index contributed by atoms with van der Waals surface area (Å²) >= 11 is 0. The molecule has 142 valence electrons. The smallest absolute Gasteiger partial charge is 0.203 e. The number of para-hydroxylation sites is 2. The molecule has 4 nitrogen and oxygen atoms in total. The molecule has 0 radical (unpaired) electrons. The van der Waals surface area contributed by atoms with Gasteiger partial charge in [0.1, 0.15) is 18.2 Å². The number of ether oxygens (including phenoxy) is 1. The first-order valence-electron chi connectivity index (χ1n) is 9.29. The van der Waals surface area contributed by atoms with Crippen molar-refractivity contribution in [3.8, 4) is 5.75 Å². The van der Waals surface area contributed by atoms with Gasteiger partial charge in [-0.2, -0.15) is 0 Å². The Morgan fingerprint density at radius 2 is 1.61 bits per heavy atom. The molecular weight excluding hydrogens is 353 g/mol. The minimum Gasteiger partial charge on any atom is -0.492 e. The summed E-state index contributed by atoms with van der Waals surface area (Å²) in [6, 6.07) is 22.5. The Kier molecular flexibility index (Phi) is 4.98. The van der Waals surface area contributed by atoms with Crippen LogP contribution in [0, 0.1) is 18.2 Å². The number of imidazole rings is 1. The van der Waals surface area contributed by atoms with Gasteiger partial charge in [0.15, 0.2) is 0 Å². The van der Waals surface area contributed by atoms with Gasteiger partial charge in [0.05, 0.1) is 24.1 Å². The molecule has 0 spiro atoms. The lowest BCUT2D eigenvalue weighted by Gasteiger charge is -2.08. The van der Waals surface area contributed by atoms with E-state index >= 15 is 0 Å². The van der Waals surface area contributed by atoms with Crippen molar-refractivity contribution in [2.45, 2.75) is 20.0 Å². The van der Waals surface area contributed by atoms with E-state index in [1.165, 1.54) is 6.07 Å². The Morgan fingerprint density at radius 3 is 2.36 bits per heavy atom. The van der Waals surface area contributed by atoms with Crippen LogP contribution in [-0.2, 0) is 13.1 Å². The summed E-state index contributed by atoms with van der Waals surface area (Å²) in [5, 5.41) is 8.66. The average Bonchev–Trinajstić information content (AvgIpc) is 2.96. The van der Waals surface area contributed by atoms with Crippen molar-refractivity contribution < 1.29 is 9.13 Å². The summed E-state index contributed by atoms with van der Waals surface area (Å²) in [5.74, 6) is 0.566. The van der Waals surface area contributed by atoms with Crippen LogP contribution in [0.5, 0.6) is 5.75 Å². The predicted molar refractivity (Wildman–Crippen MR) is 108 cm³/mol. The third-order valence-electron chi connectivity index (χ3n) is 4.83. The highest BCUT2D eigenvalue weighted by atomic mass is 19.1. The highest BCUT2D eigenvalue weighted by molar-refractivity contribution is 5.76. The molecule has 0 atom stereocenters. The first kappa shape index (κ1) is 18.0. The van der Waals surface area contributed by atoms with E-state index in [9.17, 15) is 4.39 Å². The van der Waals surface area contributed by atoms with Gasteiger partial charge in [-0.05, 0) is 42.8 Å². The molecule has 4 aromatic rings. The summed E-state index contributed by atoms with van der Waals surface area (Å²) in [6.45, 7) is 3.34. The highest BCUT2D eigenvalue weighted by Gasteiger charge is 2.12. The van der Waals surface area contributed by atoms with Crippen LogP contribution in [0.3, 0.4) is 0 Å². The zero-order valence-corrected chi connectivity index (χ0v) is 15.7. The fourth-order valence-electron chi connectivity index (χ4n) is 3.44. The number of aromatic nitrogens is 2. The monoisotopic (exact) mass is 375 g/mol. The molecule has 0 aliphatic heterocycles. The van der Waals surface area contributed by atoms with Gasteiger partial charge in [0, 0.05) is 5.56 Å². The first-order chi connectivity index (χ1) is 13.6. The summed E-state index contributed by atoms with van der Waals surface area (Å²) in [5.41, 5.74) is 3.90. The Morgan fingerprint density at radius 1 is 0.893 bits per heavy atom. The molecule has 0 saturated carbocycles. The minimum atomic E-state index is -0.256. The zero-order chi connectivity index (χ0) is 19.5. The number of halogens is 1. The molecule has 1 N–H and O–H groups in total.